The first-order chi connectivity index (χ1) is 7.16. The average Bonchev–Trinajstić information content (AvgIpc) is 2.53. The third kappa shape index (κ3) is 2.05. The molecule has 15 heavy (non-hydrogen) atoms. The average molecular weight is 219 g/mol. The number of hydrogen-bond acceptors (Lipinski definition) is 2. The van der Waals surface area contributed by atoms with Gasteiger partial charge in [0.05, 0.1) is 5.57 Å². The van der Waals surface area contributed by atoms with Crippen LogP contribution in [0, 0.1) is 0 Å². The van der Waals surface area contributed by atoms with E-state index in [2.05, 4.69) is 0 Å². The van der Waals surface area contributed by atoms with Crippen molar-refractivity contribution < 1.29 is 9.59 Å². The maximum atomic E-state index is 11.3. The van der Waals surface area contributed by atoms with Crippen LogP contribution in [0.1, 0.15) is 5.56 Å². The predicted molar refractivity (Wildman–Crippen MR) is 58.6 cm³/mol. The Labute approximate surface area is 91.9 Å². The first kappa shape index (κ1) is 9.87. The van der Waals surface area contributed by atoms with Crippen LogP contribution in [0.4, 0.5) is 0 Å². The van der Waals surface area contributed by atoms with Gasteiger partial charge in [0.1, 0.15) is 0 Å². The first-order valence-electron chi connectivity index (χ1n) is 4.41. The molecular weight excluding hydrogens is 212 g/mol. The number of halogens is 1. The van der Waals surface area contributed by atoms with E-state index in [0.29, 0.717) is 5.02 Å². The summed E-state index contributed by atoms with van der Waals surface area (Å²) in [6.45, 7) is 0. The Bertz CT molecular complexity index is 461. The highest BCUT2D eigenvalue weighted by molar-refractivity contribution is 6.35. The SMILES string of the molecule is O=C1C=CC(=O)C1=Cc1ccc(Cl)cc1. The molecule has 0 N–H and O–H groups in total. The molecule has 0 bridgehead atoms. The maximum absolute atomic E-state index is 11.3. The smallest absolute Gasteiger partial charge is 0.189 e. The van der Waals surface area contributed by atoms with Crippen LogP contribution in [-0.4, -0.2) is 11.6 Å². The number of benzene rings is 1. The molecule has 0 heterocycles. The fraction of sp³-hybridized carbons (Fsp3) is 0. The molecule has 0 aliphatic heterocycles. The molecule has 2 nitrogen and oxygen atoms in total. The molecule has 0 spiro atoms. The molecule has 0 saturated heterocycles. The topological polar surface area (TPSA) is 34.1 Å². The number of ketones is 2. The second-order valence-corrected chi connectivity index (χ2v) is 3.61. The zero-order valence-corrected chi connectivity index (χ0v) is 8.49. The molecule has 74 valence electrons. The summed E-state index contributed by atoms with van der Waals surface area (Å²) < 4.78 is 0. The molecule has 1 aromatic carbocycles. The molecule has 0 saturated carbocycles. The van der Waals surface area contributed by atoms with Gasteiger partial charge in [-0.15, -0.1) is 0 Å². The zero-order valence-electron chi connectivity index (χ0n) is 7.74. The highest BCUT2D eigenvalue weighted by Gasteiger charge is 2.19. The lowest BCUT2D eigenvalue weighted by atomic mass is 10.1. The van der Waals surface area contributed by atoms with E-state index >= 15 is 0 Å². The standard InChI is InChI=1S/C12H7ClO2/c13-9-3-1-8(2-4-9)7-10-11(14)5-6-12(10)15/h1-7H. The van der Waals surface area contributed by atoms with Crippen molar-refractivity contribution in [3.8, 4) is 0 Å². The molecule has 0 radical (unpaired) electrons. The van der Waals surface area contributed by atoms with Crippen molar-refractivity contribution in [3.05, 3.63) is 52.6 Å². The van der Waals surface area contributed by atoms with Crippen LogP contribution in [-0.2, 0) is 9.59 Å². The van der Waals surface area contributed by atoms with Crippen LogP contribution in [0.3, 0.4) is 0 Å². The van der Waals surface area contributed by atoms with Gasteiger partial charge in [-0.1, -0.05) is 23.7 Å². The molecular formula is C12H7ClO2. The van der Waals surface area contributed by atoms with Crippen molar-refractivity contribution >= 4 is 29.2 Å². The summed E-state index contributed by atoms with van der Waals surface area (Å²) in [7, 11) is 0. The van der Waals surface area contributed by atoms with Crippen molar-refractivity contribution in [2.24, 2.45) is 0 Å². The third-order valence-corrected chi connectivity index (χ3v) is 2.35. The minimum atomic E-state index is -0.241. The Balaban J connectivity index is 2.35. The predicted octanol–water partition coefficient (Wildman–Crippen LogP) is 2.43. The number of carbonyl (C=O) groups is 2. The number of carbonyl (C=O) groups excluding carboxylic acids is 2. The first-order valence-corrected chi connectivity index (χ1v) is 4.78. The lowest BCUT2D eigenvalue weighted by Crippen LogP contribution is -2.00. The zero-order chi connectivity index (χ0) is 10.8. The van der Waals surface area contributed by atoms with Gasteiger partial charge in [-0.25, -0.2) is 0 Å². The lowest BCUT2D eigenvalue weighted by molar-refractivity contribution is -0.115. The van der Waals surface area contributed by atoms with Crippen molar-refractivity contribution in [1.29, 1.82) is 0 Å². The summed E-state index contributed by atoms with van der Waals surface area (Å²) in [5.41, 5.74) is 0.997. The highest BCUT2D eigenvalue weighted by atomic mass is 35.5. The summed E-state index contributed by atoms with van der Waals surface area (Å²) in [6.07, 6.45) is 4.13. The molecule has 3 heteroatoms. The van der Waals surface area contributed by atoms with Crippen molar-refractivity contribution in [3.63, 3.8) is 0 Å². The monoisotopic (exact) mass is 218 g/mol. The van der Waals surface area contributed by atoms with Crippen molar-refractivity contribution in [2.45, 2.75) is 0 Å². The fourth-order valence-electron chi connectivity index (χ4n) is 1.32. The Morgan fingerprint density at radius 3 is 2.00 bits per heavy atom. The second-order valence-electron chi connectivity index (χ2n) is 3.17. The van der Waals surface area contributed by atoms with Crippen LogP contribution in [0.2, 0.25) is 5.02 Å². The van der Waals surface area contributed by atoms with Gasteiger partial charge in [0.2, 0.25) is 0 Å². The van der Waals surface area contributed by atoms with Gasteiger partial charge in [-0.2, -0.15) is 0 Å². The van der Waals surface area contributed by atoms with Crippen LogP contribution < -0.4 is 0 Å². The molecule has 0 amide bonds. The van der Waals surface area contributed by atoms with Gasteiger partial charge < -0.3 is 0 Å². The van der Waals surface area contributed by atoms with E-state index in [-0.39, 0.29) is 17.1 Å². The van der Waals surface area contributed by atoms with Crippen LogP contribution in [0.5, 0.6) is 0 Å². The van der Waals surface area contributed by atoms with E-state index in [4.69, 9.17) is 11.6 Å². The van der Waals surface area contributed by atoms with Gasteiger partial charge in [0.15, 0.2) is 11.6 Å². The maximum Gasteiger partial charge on any atom is 0.189 e. The quantitative estimate of drug-likeness (QED) is 0.536. The Kier molecular flexibility index (Phi) is 2.52. The van der Waals surface area contributed by atoms with E-state index in [0.717, 1.165) is 5.56 Å². The Morgan fingerprint density at radius 2 is 1.47 bits per heavy atom. The normalized spacial score (nSPS) is 14.9. The van der Waals surface area contributed by atoms with E-state index in [9.17, 15) is 9.59 Å². The summed E-state index contributed by atoms with van der Waals surface area (Å²) in [5.74, 6) is -0.482. The summed E-state index contributed by atoms with van der Waals surface area (Å²) in [6, 6.07) is 6.94. The van der Waals surface area contributed by atoms with Gasteiger partial charge in [-0.3, -0.25) is 9.59 Å². The largest absolute Gasteiger partial charge is 0.289 e. The van der Waals surface area contributed by atoms with Crippen LogP contribution in [0.25, 0.3) is 6.08 Å². The lowest BCUT2D eigenvalue weighted by Gasteiger charge is -1.96. The van der Waals surface area contributed by atoms with Crippen molar-refractivity contribution in [1.82, 2.24) is 0 Å². The number of allylic oxidation sites excluding steroid dienone is 3. The molecule has 0 aromatic heterocycles. The molecule has 1 aliphatic carbocycles. The minimum Gasteiger partial charge on any atom is -0.289 e. The molecule has 1 aliphatic rings. The van der Waals surface area contributed by atoms with E-state index < -0.39 is 0 Å². The van der Waals surface area contributed by atoms with Gasteiger partial charge in [-0.05, 0) is 35.9 Å². The second kappa shape index (κ2) is 3.83. The van der Waals surface area contributed by atoms with E-state index in [1.54, 1.807) is 30.3 Å². The number of hydrogen-bond donors (Lipinski definition) is 0. The van der Waals surface area contributed by atoms with Gasteiger partial charge >= 0.3 is 0 Å². The highest BCUT2D eigenvalue weighted by Crippen LogP contribution is 2.16. The molecule has 0 fully saturated rings. The molecule has 0 unspecified atom stereocenters. The summed E-state index contributed by atoms with van der Waals surface area (Å²) in [4.78, 5) is 22.5. The molecule has 1 aromatic rings. The van der Waals surface area contributed by atoms with Crippen LogP contribution in [0.15, 0.2) is 42.0 Å². The Morgan fingerprint density at radius 1 is 0.933 bits per heavy atom. The van der Waals surface area contributed by atoms with Gasteiger partial charge in [0, 0.05) is 5.02 Å². The van der Waals surface area contributed by atoms with Crippen LogP contribution >= 0.6 is 11.6 Å². The van der Waals surface area contributed by atoms with E-state index in [1.165, 1.54) is 12.2 Å². The van der Waals surface area contributed by atoms with E-state index in [1.807, 2.05) is 0 Å². The van der Waals surface area contributed by atoms with Crippen molar-refractivity contribution in [2.75, 3.05) is 0 Å². The summed E-state index contributed by atoms with van der Waals surface area (Å²) in [5, 5.41) is 0.624. The summed E-state index contributed by atoms with van der Waals surface area (Å²) >= 11 is 5.72. The molecule has 0 atom stereocenters. The van der Waals surface area contributed by atoms with Gasteiger partial charge in [0.25, 0.3) is 0 Å². The minimum absolute atomic E-state index is 0.206. The number of rotatable bonds is 1. The Hall–Kier alpha value is -1.67. The molecule has 2 rings (SSSR count). The fourth-order valence-corrected chi connectivity index (χ4v) is 1.45. The third-order valence-electron chi connectivity index (χ3n) is 2.10.